The van der Waals surface area contributed by atoms with Gasteiger partial charge in [-0.25, -0.2) is 0 Å². The van der Waals surface area contributed by atoms with E-state index in [1.165, 1.54) is 47.1 Å². The third-order valence-electron chi connectivity index (χ3n) is 4.17. The van der Waals surface area contributed by atoms with E-state index in [0.717, 1.165) is 18.5 Å². The fraction of sp³-hybridized carbons (Fsp3) is 0.333. The summed E-state index contributed by atoms with van der Waals surface area (Å²) in [4.78, 5) is 0. The molecule has 2 N–H and O–H groups in total. The largest absolute Gasteiger partial charge is 0.398 e. The highest BCUT2D eigenvalue weighted by Gasteiger charge is 2.21. The molecule has 0 saturated carbocycles. The van der Waals surface area contributed by atoms with Crippen molar-refractivity contribution in [1.29, 1.82) is 0 Å². The van der Waals surface area contributed by atoms with Crippen LogP contribution in [-0.2, 0) is 12.8 Å². The van der Waals surface area contributed by atoms with Gasteiger partial charge in [0.25, 0.3) is 0 Å². The van der Waals surface area contributed by atoms with E-state index < -0.39 is 0 Å². The summed E-state index contributed by atoms with van der Waals surface area (Å²) in [5, 5.41) is 0. The van der Waals surface area contributed by atoms with Crippen molar-refractivity contribution in [3.8, 4) is 11.1 Å². The third-order valence-corrected chi connectivity index (χ3v) is 4.17. The summed E-state index contributed by atoms with van der Waals surface area (Å²) in [6.45, 7) is 2.24. The van der Waals surface area contributed by atoms with E-state index in [-0.39, 0.29) is 0 Å². The van der Waals surface area contributed by atoms with Crippen LogP contribution in [0.2, 0.25) is 0 Å². The van der Waals surface area contributed by atoms with Crippen LogP contribution >= 0.6 is 0 Å². The zero-order valence-electron chi connectivity index (χ0n) is 11.6. The van der Waals surface area contributed by atoms with Crippen LogP contribution in [0, 0.1) is 0 Å². The van der Waals surface area contributed by atoms with E-state index in [2.05, 4.69) is 43.3 Å². The average molecular weight is 251 g/mol. The summed E-state index contributed by atoms with van der Waals surface area (Å²) < 4.78 is 0. The number of fused-ring (bicyclic) bond motifs is 3. The Morgan fingerprint density at radius 1 is 1.00 bits per heavy atom. The van der Waals surface area contributed by atoms with Crippen LogP contribution in [0.3, 0.4) is 0 Å². The molecule has 98 valence electrons. The molecule has 1 nitrogen and oxygen atoms in total. The number of benzene rings is 2. The van der Waals surface area contributed by atoms with Crippen molar-refractivity contribution in [3.05, 3.63) is 53.1 Å². The second-order valence-corrected chi connectivity index (χ2v) is 5.45. The Bertz CT molecular complexity index is 599. The molecular formula is C18H21N. The summed E-state index contributed by atoms with van der Waals surface area (Å²) in [7, 11) is 0. The van der Waals surface area contributed by atoms with Gasteiger partial charge in [0.2, 0.25) is 0 Å². The summed E-state index contributed by atoms with van der Waals surface area (Å²) in [6, 6.07) is 13.0. The zero-order valence-corrected chi connectivity index (χ0v) is 11.6. The number of unbranched alkanes of at least 4 members (excludes halogenated alkanes) is 2. The van der Waals surface area contributed by atoms with Crippen LogP contribution < -0.4 is 5.73 Å². The minimum atomic E-state index is 0.975. The van der Waals surface area contributed by atoms with Gasteiger partial charge in [-0.05, 0) is 53.1 Å². The molecule has 0 unspecified atom stereocenters. The van der Waals surface area contributed by atoms with Crippen LogP contribution in [0.25, 0.3) is 11.1 Å². The summed E-state index contributed by atoms with van der Waals surface area (Å²) in [5.74, 6) is 0. The highest BCUT2D eigenvalue weighted by atomic mass is 14.6. The monoisotopic (exact) mass is 251 g/mol. The van der Waals surface area contributed by atoms with E-state index in [0.29, 0.717) is 0 Å². The molecular weight excluding hydrogens is 230 g/mol. The van der Waals surface area contributed by atoms with Gasteiger partial charge in [0.05, 0.1) is 0 Å². The smallest absolute Gasteiger partial charge is 0.0349 e. The van der Waals surface area contributed by atoms with Crippen molar-refractivity contribution in [1.82, 2.24) is 0 Å². The number of nitrogens with two attached hydrogens (primary N) is 1. The average Bonchev–Trinajstić information content (AvgIpc) is 2.80. The minimum Gasteiger partial charge on any atom is -0.398 e. The molecule has 2 aromatic rings. The summed E-state index contributed by atoms with van der Waals surface area (Å²) in [6.07, 6.45) is 5.97. The topological polar surface area (TPSA) is 26.0 Å². The molecule has 0 fully saturated rings. The Morgan fingerprint density at radius 2 is 1.84 bits per heavy atom. The molecule has 1 heteroatoms. The Labute approximate surface area is 115 Å². The molecule has 0 radical (unpaired) electrons. The Kier molecular flexibility index (Phi) is 3.29. The van der Waals surface area contributed by atoms with Crippen LogP contribution in [0.5, 0.6) is 0 Å². The van der Waals surface area contributed by atoms with Crippen molar-refractivity contribution in [3.63, 3.8) is 0 Å². The number of anilines is 1. The molecule has 0 aliphatic heterocycles. The van der Waals surface area contributed by atoms with Crippen molar-refractivity contribution < 1.29 is 0 Å². The number of hydrogen-bond donors (Lipinski definition) is 1. The fourth-order valence-electron chi connectivity index (χ4n) is 3.14. The summed E-state index contributed by atoms with van der Waals surface area (Å²) in [5.41, 5.74) is 14.3. The first kappa shape index (κ1) is 12.3. The van der Waals surface area contributed by atoms with Gasteiger partial charge in [0, 0.05) is 5.69 Å². The van der Waals surface area contributed by atoms with E-state index in [9.17, 15) is 0 Å². The van der Waals surface area contributed by atoms with Gasteiger partial charge in [-0.2, -0.15) is 0 Å². The maximum Gasteiger partial charge on any atom is 0.0349 e. The Balaban J connectivity index is 2.00. The first-order chi connectivity index (χ1) is 9.31. The maximum atomic E-state index is 6.21. The lowest BCUT2D eigenvalue weighted by Crippen LogP contribution is -2.00. The predicted molar refractivity (Wildman–Crippen MR) is 82.3 cm³/mol. The van der Waals surface area contributed by atoms with Gasteiger partial charge in [-0.3, -0.25) is 0 Å². The lowest BCUT2D eigenvalue weighted by atomic mass is 9.95. The number of hydrogen-bond acceptors (Lipinski definition) is 1. The van der Waals surface area contributed by atoms with E-state index in [1.54, 1.807) is 0 Å². The molecule has 0 bridgehead atoms. The second-order valence-electron chi connectivity index (χ2n) is 5.45. The Hall–Kier alpha value is -1.76. The molecule has 0 atom stereocenters. The van der Waals surface area contributed by atoms with Crippen LogP contribution in [0.4, 0.5) is 5.69 Å². The van der Waals surface area contributed by atoms with E-state index in [1.807, 2.05) is 0 Å². The van der Waals surface area contributed by atoms with Gasteiger partial charge in [0.15, 0.2) is 0 Å². The van der Waals surface area contributed by atoms with Crippen molar-refractivity contribution >= 4 is 5.69 Å². The van der Waals surface area contributed by atoms with Gasteiger partial charge >= 0.3 is 0 Å². The standard InChI is InChI=1S/C18H21N/c1-2-3-4-9-16-17-12-13-7-5-6-8-14(13)15(17)10-11-18(16)19/h5-8,10-11H,2-4,9,12,19H2,1H3. The van der Waals surface area contributed by atoms with Gasteiger partial charge in [-0.15, -0.1) is 0 Å². The molecule has 2 aromatic carbocycles. The first-order valence-corrected chi connectivity index (χ1v) is 7.29. The predicted octanol–water partition coefficient (Wildman–Crippen LogP) is 4.57. The van der Waals surface area contributed by atoms with Crippen LogP contribution in [0.15, 0.2) is 36.4 Å². The SMILES string of the molecule is CCCCCc1c(N)ccc2c1Cc1ccccc1-2. The normalized spacial score (nSPS) is 12.3. The zero-order chi connectivity index (χ0) is 13.2. The van der Waals surface area contributed by atoms with Gasteiger partial charge in [0.1, 0.15) is 0 Å². The lowest BCUT2D eigenvalue weighted by molar-refractivity contribution is 0.716. The molecule has 1 aliphatic carbocycles. The molecule has 1 aliphatic rings. The van der Waals surface area contributed by atoms with Crippen molar-refractivity contribution in [2.45, 2.75) is 39.0 Å². The molecule has 0 aromatic heterocycles. The molecule has 0 saturated heterocycles. The Morgan fingerprint density at radius 3 is 2.68 bits per heavy atom. The van der Waals surface area contributed by atoms with Crippen LogP contribution in [0.1, 0.15) is 42.9 Å². The molecule has 19 heavy (non-hydrogen) atoms. The van der Waals surface area contributed by atoms with Crippen LogP contribution in [-0.4, -0.2) is 0 Å². The first-order valence-electron chi connectivity index (χ1n) is 7.29. The van der Waals surface area contributed by atoms with Crippen molar-refractivity contribution in [2.24, 2.45) is 0 Å². The molecule has 0 spiro atoms. The van der Waals surface area contributed by atoms with E-state index >= 15 is 0 Å². The summed E-state index contributed by atoms with van der Waals surface area (Å²) >= 11 is 0. The van der Waals surface area contributed by atoms with E-state index in [4.69, 9.17) is 5.73 Å². The third kappa shape index (κ3) is 2.14. The molecule has 0 heterocycles. The number of rotatable bonds is 4. The highest BCUT2D eigenvalue weighted by molar-refractivity contribution is 5.80. The molecule has 0 amide bonds. The minimum absolute atomic E-state index is 0.975. The maximum absolute atomic E-state index is 6.21. The lowest BCUT2D eigenvalue weighted by Gasteiger charge is -2.11. The van der Waals surface area contributed by atoms with Crippen molar-refractivity contribution in [2.75, 3.05) is 5.73 Å². The molecule has 3 rings (SSSR count). The fourth-order valence-corrected chi connectivity index (χ4v) is 3.14. The van der Waals surface area contributed by atoms with Gasteiger partial charge < -0.3 is 5.73 Å². The number of nitrogen functional groups attached to an aromatic ring is 1. The highest BCUT2D eigenvalue weighted by Crippen LogP contribution is 2.40. The second kappa shape index (κ2) is 5.08. The van der Waals surface area contributed by atoms with Gasteiger partial charge in [-0.1, -0.05) is 50.1 Å². The quantitative estimate of drug-likeness (QED) is 0.533.